The number of fused-ring (bicyclic) bond motifs is 3. The summed E-state index contributed by atoms with van der Waals surface area (Å²) in [5, 5.41) is 1.15. The van der Waals surface area contributed by atoms with Gasteiger partial charge in [-0.3, -0.25) is 9.97 Å². The third kappa shape index (κ3) is 3.15. The largest absolute Gasteiger partial charge is 0.330 e. The maximum Gasteiger partial charge on any atom is 0.107 e. The molecule has 4 heteroatoms. The molecule has 25 heavy (non-hydrogen) atoms. The lowest BCUT2D eigenvalue weighted by atomic mass is 10.1. The second-order valence-electron chi connectivity index (χ2n) is 6.67. The van der Waals surface area contributed by atoms with Crippen molar-refractivity contribution < 1.29 is 0 Å². The molecule has 0 spiro atoms. The number of nitrogens with zero attached hydrogens (tertiary/aromatic N) is 4. The van der Waals surface area contributed by atoms with E-state index in [1.807, 2.05) is 24.7 Å². The molecule has 124 valence electrons. The second kappa shape index (κ2) is 6.48. The van der Waals surface area contributed by atoms with Gasteiger partial charge >= 0.3 is 0 Å². The first kappa shape index (κ1) is 15.5. The molecule has 0 aliphatic rings. The first-order valence-electron chi connectivity index (χ1n) is 8.52. The van der Waals surface area contributed by atoms with Crippen LogP contribution in [-0.2, 0) is 6.54 Å². The predicted molar refractivity (Wildman–Crippen MR) is 103 cm³/mol. The Balaban J connectivity index is 1.82. The highest BCUT2D eigenvalue weighted by molar-refractivity contribution is 6.03. The summed E-state index contributed by atoms with van der Waals surface area (Å²) in [6.45, 7) is 5.39. The first-order valence-corrected chi connectivity index (χ1v) is 8.52. The lowest BCUT2D eigenvalue weighted by Crippen LogP contribution is -2.03. The van der Waals surface area contributed by atoms with Crippen molar-refractivity contribution in [2.24, 2.45) is 5.92 Å². The number of hydrogen-bond acceptors (Lipinski definition) is 3. The molecule has 0 amide bonds. The zero-order valence-corrected chi connectivity index (χ0v) is 14.4. The van der Waals surface area contributed by atoms with Crippen LogP contribution in [0.1, 0.15) is 25.0 Å². The number of aromatic nitrogens is 4. The molecule has 0 unspecified atom stereocenters. The fraction of sp³-hybridized carbons (Fsp3) is 0.190. The predicted octanol–water partition coefficient (Wildman–Crippen LogP) is 4.81. The standard InChI is InChI=1S/C21H20N4/c1-15(2)13-25-14-24-20-12-23-19-6-5-17(11-18(19)21(20)25)4-3-16-7-9-22-10-8-16/h3-12,14-15H,13H2,1-2H3. The summed E-state index contributed by atoms with van der Waals surface area (Å²) in [5.41, 5.74) is 5.40. The highest BCUT2D eigenvalue weighted by Gasteiger charge is 2.09. The average Bonchev–Trinajstić information content (AvgIpc) is 3.03. The van der Waals surface area contributed by atoms with Crippen LogP contribution >= 0.6 is 0 Å². The van der Waals surface area contributed by atoms with Gasteiger partial charge in [0.1, 0.15) is 5.52 Å². The van der Waals surface area contributed by atoms with Crippen molar-refractivity contribution in [2.75, 3.05) is 0 Å². The molecule has 0 N–H and O–H groups in total. The summed E-state index contributed by atoms with van der Waals surface area (Å²) in [4.78, 5) is 13.1. The Labute approximate surface area is 146 Å². The van der Waals surface area contributed by atoms with E-state index in [9.17, 15) is 0 Å². The van der Waals surface area contributed by atoms with Gasteiger partial charge in [-0.1, -0.05) is 32.1 Å². The van der Waals surface area contributed by atoms with Crippen molar-refractivity contribution in [3.63, 3.8) is 0 Å². The van der Waals surface area contributed by atoms with E-state index in [-0.39, 0.29) is 0 Å². The fourth-order valence-corrected chi connectivity index (χ4v) is 3.07. The van der Waals surface area contributed by atoms with Crippen LogP contribution in [0.4, 0.5) is 0 Å². The molecule has 3 heterocycles. The van der Waals surface area contributed by atoms with Crippen molar-refractivity contribution in [3.8, 4) is 0 Å². The topological polar surface area (TPSA) is 43.6 Å². The third-order valence-corrected chi connectivity index (χ3v) is 4.20. The van der Waals surface area contributed by atoms with Gasteiger partial charge in [-0.2, -0.15) is 0 Å². The van der Waals surface area contributed by atoms with Crippen molar-refractivity contribution in [1.29, 1.82) is 0 Å². The molecule has 4 rings (SSSR count). The molecule has 1 aromatic carbocycles. The summed E-state index contributed by atoms with van der Waals surface area (Å²) in [5.74, 6) is 0.565. The molecule has 0 atom stereocenters. The van der Waals surface area contributed by atoms with Gasteiger partial charge < -0.3 is 4.57 Å². The molecule has 0 saturated heterocycles. The summed E-state index contributed by atoms with van der Waals surface area (Å²) in [6.07, 6.45) is 11.6. The van der Waals surface area contributed by atoms with Crippen molar-refractivity contribution >= 4 is 34.1 Å². The molecule has 0 bridgehead atoms. The van der Waals surface area contributed by atoms with Gasteiger partial charge in [0.2, 0.25) is 0 Å². The zero-order chi connectivity index (χ0) is 17.2. The van der Waals surface area contributed by atoms with Gasteiger partial charge in [0.05, 0.1) is 23.6 Å². The highest BCUT2D eigenvalue weighted by atomic mass is 15.0. The van der Waals surface area contributed by atoms with Crippen LogP contribution in [0.3, 0.4) is 0 Å². The zero-order valence-electron chi connectivity index (χ0n) is 14.4. The quantitative estimate of drug-likeness (QED) is 0.540. The van der Waals surface area contributed by atoms with Crippen LogP contribution in [0.25, 0.3) is 34.1 Å². The van der Waals surface area contributed by atoms with Gasteiger partial charge in [0.15, 0.2) is 0 Å². The van der Waals surface area contributed by atoms with Crippen LogP contribution in [-0.4, -0.2) is 19.5 Å². The Bertz CT molecular complexity index is 1050. The smallest absolute Gasteiger partial charge is 0.107 e. The van der Waals surface area contributed by atoms with Crippen LogP contribution in [0.5, 0.6) is 0 Å². The maximum atomic E-state index is 4.55. The summed E-state index contributed by atoms with van der Waals surface area (Å²) in [7, 11) is 0. The van der Waals surface area contributed by atoms with Crippen LogP contribution in [0.2, 0.25) is 0 Å². The first-order chi connectivity index (χ1) is 12.2. The van der Waals surface area contributed by atoms with E-state index in [0.29, 0.717) is 5.92 Å². The SMILES string of the molecule is CC(C)Cn1cnc2cnc3ccc(C=Cc4ccncc4)cc3c21. The van der Waals surface area contributed by atoms with E-state index in [1.165, 1.54) is 0 Å². The highest BCUT2D eigenvalue weighted by Crippen LogP contribution is 2.25. The minimum absolute atomic E-state index is 0.565. The minimum atomic E-state index is 0.565. The Kier molecular flexibility index (Phi) is 4.02. The molecule has 3 aromatic heterocycles. The lowest BCUT2D eigenvalue weighted by molar-refractivity contribution is 0.533. The number of benzene rings is 1. The molecular weight excluding hydrogens is 308 g/mol. The fourth-order valence-electron chi connectivity index (χ4n) is 3.07. The Morgan fingerprint density at radius 2 is 1.76 bits per heavy atom. The summed E-state index contributed by atoms with van der Waals surface area (Å²) in [6, 6.07) is 10.4. The normalized spacial score (nSPS) is 12.0. The molecule has 0 radical (unpaired) electrons. The third-order valence-electron chi connectivity index (χ3n) is 4.20. The van der Waals surface area contributed by atoms with E-state index < -0.39 is 0 Å². The van der Waals surface area contributed by atoms with Gasteiger partial charge in [-0.25, -0.2) is 4.98 Å². The van der Waals surface area contributed by atoms with Gasteiger partial charge in [0, 0.05) is 24.3 Å². The van der Waals surface area contributed by atoms with Crippen molar-refractivity contribution in [2.45, 2.75) is 20.4 Å². The summed E-state index contributed by atoms with van der Waals surface area (Å²) < 4.78 is 2.24. The molecule has 0 fully saturated rings. The average molecular weight is 328 g/mol. The number of pyridine rings is 2. The van der Waals surface area contributed by atoms with E-state index in [4.69, 9.17) is 0 Å². The lowest BCUT2D eigenvalue weighted by Gasteiger charge is -2.09. The Hall–Kier alpha value is -3.01. The van der Waals surface area contributed by atoms with Gasteiger partial charge in [0.25, 0.3) is 0 Å². The minimum Gasteiger partial charge on any atom is -0.330 e. The van der Waals surface area contributed by atoms with E-state index in [2.05, 4.69) is 63.7 Å². The monoisotopic (exact) mass is 328 g/mol. The van der Waals surface area contributed by atoms with Crippen LogP contribution < -0.4 is 0 Å². The Morgan fingerprint density at radius 3 is 2.56 bits per heavy atom. The van der Waals surface area contributed by atoms with Gasteiger partial charge in [-0.15, -0.1) is 0 Å². The number of imidazole rings is 1. The summed E-state index contributed by atoms with van der Waals surface area (Å²) >= 11 is 0. The van der Waals surface area contributed by atoms with E-state index in [1.54, 1.807) is 12.4 Å². The van der Waals surface area contributed by atoms with Crippen LogP contribution in [0.15, 0.2) is 55.2 Å². The number of rotatable bonds is 4. The molecule has 4 nitrogen and oxygen atoms in total. The number of hydrogen-bond donors (Lipinski definition) is 0. The molecular formula is C21H20N4. The molecule has 4 aromatic rings. The Morgan fingerprint density at radius 1 is 0.960 bits per heavy atom. The molecule has 0 aliphatic carbocycles. The van der Waals surface area contributed by atoms with Crippen molar-refractivity contribution in [1.82, 2.24) is 19.5 Å². The van der Waals surface area contributed by atoms with E-state index in [0.717, 1.165) is 39.6 Å². The molecule has 0 aliphatic heterocycles. The maximum absolute atomic E-state index is 4.55. The van der Waals surface area contributed by atoms with E-state index >= 15 is 0 Å². The second-order valence-corrected chi connectivity index (χ2v) is 6.67. The van der Waals surface area contributed by atoms with Gasteiger partial charge in [-0.05, 0) is 41.3 Å². The van der Waals surface area contributed by atoms with Crippen LogP contribution in [0, 0.1) is 5.92 Å². The van der Waals surface area contributed by atoms with Crippen molar-refractivity contribution in [3.05, 3.63) is 66.4 Å². The molecule has 0 saturated carbocycles.